The van der Waals surface area contributed by atoms with Crippen LogP contribution in [0.4, 0.5) is 0 Å². The van der Waals surface area contributed by atoms with E-state index in [0.717, 1.165) is 31.4 Å². The molecule has 1 fully saturated rings. The van der Waals surface area contributed by atoms with E-state index in [1.807, 2.05) is 28.0 Å². The van der Waals surface area contributed by atoms with Crippen LogP contribution in [0.15, 0.2) is 29.4 Å². The van der Waals surface area contributed by atoms with Crippen molar-refractivity contribution in [1.82, 2.24) is 20.1 Å². The molecule has 2 heterocycles. The molecule has 2 amide bonds. The van der Waals surface area contributed by atoms with Gasteiger partial charge in [-0.2, -0.15) is 0 Å². The van der Waals surface area contributed by atoms with Gasteiger partial charge in [-0.1, -0.05) is 26.3 Å². The van der Waals surface area contributed by atoms with Gasteiger partial charge in [0.05, 0.1) is 0 Å². The zero-order chi connectivity index (χ0) is 22.5. The third kappa shape index (κ3) is 9.81. The van der Waals surface area contributed by atoms with Gasteiger partial charge >= 0.3 is 0 Å². The third-order valence-electron chi connectivity index (χ3n) is 5.31. The maximum atomic E-state index is 12.4. The van der Waals surface area contributed by atoms with Crippen LogP contribution in [0.3, 0.4) is 0 Å². The highest BCUT2D eigenvalue weighted by molar-refractivity contribution is 5.78. The Bertz CT molecular complexity index is 699. The molecule has 1 aliphatic rings. The zero-order valence-corrected chi connectivity index (χ0v) is 19.1. The van der Waals surface area contributed by atoms with Crippen molar-refractivity contribution in [3.63, 3.8) is 0 Å². The molecular formula is C23H38N6O2. The highest BCUT2D eigenvalue weighted by Gasteiger charge is 2.23. The number of aliphatic imine (C=N–C) groups is 1. The predicted octanol–water partition coefficient (Wildman–Crippen LogP) is 1.81. The second kappa shape index (κ2) is 13.6. The number of aromatic nitrogens is 1. The molecule has 172 valence electrons. The number of unbranched alkanes of at least 4 members (excludes halogenated alkanes) is 2. The second-order valence-corrected chi connectivity index (χ2v) is 8.44. The maximum Gasteiger partial charge on any atom is 0.222 e. The predicted molar refractivity (Wildman–Crippen MR) is 124 cm³/mol. The largest absolute Gasteiger partial charge is 0.370 e. The van der Waals surface area contributed by atoms with Crippen LogP contribution in [0, 0.1) is 5.92 Å². The third-order valence-corrected chi connectivity index (χ3v) is 5.31. The number of amides is 2. The Labute approximate surface area is 186 Å². The summed E-state index contributed by atoms with van der Waals surface area (Å²) < 4.78 is 0. The lowest BCUT2D eigenvalue weighted by atomic mass is 10.1. The Morgan fingerprint density at radius 3 is 2.45 bits per heavy atom. The van der Waals surface area contributed by atoms with Gasteiger partial charge in [-0.15, -0.1) is 0 Å². The first-order chi connectivity index (χ1) is 15.0. The fourth-order valence-electron chi connectivity index (χ4n) is 3.53. The maximum absolute atomic E-state index is 12.4. The summed E-state index contributed by atoms with van der Waals surface area (Å²) >= 11 is 0. The van der Waals surface area contributed by atoms with Crippen molar-refractivity contribution in [2.24, 2.45) is 16.6 Å². The molecule has 0 unspecified atom stereocenters. The lowest BCUT2D eigenvalue weighted by Gasteiger charge is -2.35. The fraction of sp³-hybridized carbons (Fsp3) is 0.652. The molecule has 31 heavy (non-hydrogen) atoms. The molecule has 8 heteroatoms. The average Bonchev–Trinajstić information content (AvgIpc) is 2.76. The molecule has 3 N–H and O–H groups in total. The quantitative estimate of drug-likeness (QED) is 0.317. The van der Waals surface area contributed by atoms with Gasteiger partial charge < -0.3 is 20.9 Å². The summed E-state index contributed by atoms with van der Waals surface area (Å²) in [5.41, 5.74) is 6.91. The fourth-order valence-corrected chi connectivity index (χ4v) is 3.53. The Morgan fingerprint density at radius 2 is 1.81 bits per heavy atom. The number of guanidine groups is 1. The summed E-state index contributed by atoms with van der Waals surface area (Å²) in [6.45, 7) is 8.07. The van der Waals surface area contributed by atoms with Crippen LogP contribution in [-0.4, -0.2) is 71.8 Å². The van der Waals surface area contributed by atoms with Crippen LogP contribution in [0.25, 0.3) is 0 Å². The number of nitrogens with two attached hydrogens (primary N) is 1. The van der Waals surface area contributed by atoms with Crippen molar-refractivity contribution in [3.05, 3.63) is 30.1 Å². The van der Waals surface area contributed by atoms with E-state index in [-0.39, 0.29) is 11.8 Å². The van der Waals surface area contributed by atoms with E-state index in [9.17, 15) is 9.59 Å². The molecule has 0 saturated carbocycles. The Morgan fingerprint density at radius 1 is 1.10 bits per heavy atom. The van der Waals surface area contributed by atoms with E-state index in [1.165, 1.54) is 0 Å². The van der Waals surface area contributed by atoms with Crippen molar-refractivity contribution >= 4 is 17.8 Å². The molecular weight excluding hydrogens is 392 g/mol. The number of nitrogens with zero attached hydrogens (tertiary/aromatic N) is 4. The van der Waals surface area contributed by atoms with Gasteiger partial charge in [0.25, 0.3) is 0 Å². The molecule has 0 spiro atoms. The number of hydrogen-bond acceptors (Lipinski definition) is 4. The molecule has 0 radical (unpaired) electrons. The van der Waals surface area contributed by atoms with Gasteiger partial charge in [-0.3, -0.25) is 19.6 Å². The molecule has 1 aromatic rings. The Kier molecular flexibility index (Phi) is 10.8. The molecule has 0 aliphatic carbocycles. The Balaban J connectivity index is 1.51. The monoisotopic (exact) mass is 430 g/mol. The lowest BCUT2D eigenvalue weighted by molar-refractivity contribution is -0.140. The summed E-state index contributed by atoms with van der Waals surface area (Å²) in [7, 11) is 0. The first-order valence-electron chi connectivity index (χ1n) is 11.4. The van der Waals surface area contributed by atoms with E-state index in [1.54, 1.807) is 6.20 Å². The van der Waals surface area contributed by atoms with Crippen LogP contribution in [0.5, 0.6) is 0 Å². The number of rotatable bonds is 11. The SMILES string of the molecule is CC(C)CC(=O)N1CCN(C(=O)CCCCCN=C(N)NCCc2ccccn2)CC1. The van der Waals surface area contributed by atoms with Gasteiger partial charge in [0.15, 0.2) is 5.96 Å². The van der Waals surface area contributed by atoms with Crippen molar-refractivity contribution < 1.29 is 9.59 Å². The Hall–Kier alpha value is -2.64. The van der Waals surface area contributed by atoms with E-state index < -0.39 is 0 Å². The van der Waals surface area contributed by atoms with Gasteiger partial charge in [0.2, 0.25) is 11.8 Å². The van der Waals surface area contributed by atoms with E-state index in [0.29, 0.717) is 64.0 Å². The lowest BCUT2D eigenvalue weighted by Crippen LogP contribution is -2.50. The smallest absolute Gasteiger partial charge is 0.222 e. The van der Waals surface area contributed by atoms with Crippen molar-refractivity contribution in [1.29, 1.82) is 0 Å². The zero-order valence-electron chi connectivity index (χ0n) is 19.1. The number of carbonyl (C=O) groups excluding carboxylic acids is 2. The normalized spacial score (nSPS) is 14.7. The van der Waals surface area contributed by atoms with Crippen LogP contribution in [-0.2, 0) is 16.0 Å². The van der Waals surface area contributed by atoms with Gasteiger partial charge in [0, 0.05) is 70.4 Å². The van der Waals surface area contributed by atoms with Crippen LogP contribution >= 0.6 is 0 Å². The van der Waals surface area contributed by atoms with Crippen LogP contribution in [0.2, 0.25) is 0 Å². The second-order valence-electron chi connectivity index (χ2n) is 8.44. The van der Waals surface area contributed by atoms with E-state index in [2.05, 4.69) is 29.1 Å². The topological polar surface area (TPSA) is 104 Å². The summed E-state index contributed by atoms with van der Waals surface area (Å²) in [4.78, 5) is 36.9. The van der Waals surface area contributed by atoms with Crippen LogP contribution in [0.1, 0.15) is 51.6 Å². The van der Waals surface area contributed by atoms with Gasteiger partial charge in [-0.25, -0.2) is 0 Å². The molecule has 2 rings (SSSR count). The standard InChI is InChI=1S/C23H38N6O2/c1-19(2)18-22(31)29-16-14-28(15-17-29)21(30)9-4-3-6-12-26-23(24)27-13-10-20-8-5-7-11-25-20/h5,7-8,11,19H,3-4,6,9-10,12-18H2,1-2H3,(H3,24,26,27). The first-order valence-corrected chi connectivity index (χ1v) is 11.4. The van der Waals surface area contributed by atoms with Gasteiger partial charge in [0.1, 0.15) is 0 Å². The van der Waals surface area contributed by atoms with Crippen molar-refractivity contribution in [2.45, 2.75) is 52.4 Å². The van der Waals surface area contributed by atoms with E-state index in [4.69, 9.17) is 5.73 Å². The minimum Gasteiger partial charge on any atom is -0.370 e. The number of piperazine rings is 1. The van der Waals surface area contributed by atoms with E-state index >= 15 is 0 Å². The number of nitrogens with one attached hydrogen (secondary N) is 1. The molecule has 0 bridgehead atoms. The minimum absolute atomic E-state index is 0.190. The highest BCUT2D eigenvalue weighted by Crippen LogP contribution is 2.10. The van der Waals surface area contributed by atoms with Gasteiger partial charge in [-0.05, 0) is 30.9 Å². The molecule has 1 aromatic heterocycles. The first kappa shape index (κ1) is 24.6. The van der Waals surface area contributed by atoms with Crippen molar-refractivity contribution in [2.75, 3.05) is 39.3 Å². The molecule has 0 aromatic carbocycles. The molecule has 1 aliphatic heterocycles. The molecule has 1 saturated heterocycles. The number of hydrogen-bond donors (Lipinski definition) is 2. The van der Waals surface area contributed by atoms with Crippen molar-refractivity contribution in [3.8, 4) is 0 Å². The molecule has 0 atom stereocenters. The summed E-state index contributed by atoms with van der Waals surface area (Å²) in [5, 5.41) is 3.10. The highest BCUT2D eigenvalue weighted by atomic mass is 16.2. The van der Waals surface area contributed by atoms with Crippen LogP contribution < -0.4 is 11.1 Å². The minimum atomic E-state index is 0.190. The summed E-state index contributed by atoms with van der Waals surface area (Å²) in [6, 6.07) is 5.86. The summed E-state index contributed by atoms with van der Waals surface area (Å²) in [5.74, 6) is 1.22. The summed E-state index contributed by atoms with van der Waals surface area (Å²) in [6.07, 6.45) is 6.44. The number of pyridine rings is 1. The average molecular weight is 431 g/mol. The molecule has 8 nitrogen and oxygen atoms in total. The number of carbonyl (C=O) groups is 2.